The van der Waals surface area contributed by atoms with Crippen molar-refractivity contribution >= 4 is 0 Å². The first-order chi connectivity index (χ1) is 8.17. The fourth-order valence-electron chi connectivity index (χ4n) is 4.69. The number of epoxide rings is 1. The van der Waals surface area contributed by atoms with Gasteiger partial charge >= 0.3 is 0 Å². The smallest absolute Gasteiger partial charge is 0.0976 e. The average molecular weight is 236 g/mol. The predicted molar refractivity (Wildman–Crippen MR) is 71.0 cm³/mol. The summed E-state index contributed by atoms with van der Waals surface area (Å²) >= 11 is 0. The fraction of sp³-hybridized carbons (Fsp3) is 1.00. The largest absolute Gasteiger partial charge is 0.366 e. The molecule has 0 aromatic rings. The van der Waals surface area contributed by atoms with E-state index in [1.807, 2.05) is 0 Å². The number of fused-ring (bicyclic) bond motifs is 1. The van der Waals surface area contributed by atoms with Gasteiger partial charge in [0.1, 0.15) is 0 Å². The van der Waals surface area contributed by atoms with Crippen LogP contribution in [-0.4, -0.2) is 11.7 Å². The lowest BCUT2D eigenvalue weighted by Gasteiger charge is -2.41. The summed E-state index contributed by atoms with van der Waals surface area (Å²) in [5.74, 6) is 0.929. The number of hydrogen-bond acceptors (Lipinski definition) is 1. The summed E-state index contributed by atoms with van der Waals surface area (Å²) in [5, 5.41) is 0. The monoisotopic (exact) mass is 236 g/mol. The molecule has 0 aromatic heterocycles. The average Bonchev–Trinajstić information content (AvgIpc) is 3.04. The molecule has 3 fully saturated rings. The zero-order chi connectivity index (χ0) is 11.9. The molecule has 3 aliphatic rings. The van der Waals surface area contributed by atoms with Crippen LogP contribution in [0.5, 0.6) is 0 Å². The van der Waals surface area contributed by atoms with Crippen molar-refractivity contribution < 1.29 is 4.74 Å². The molecule has 3 unspecified atom stereocenters. The van der Waals surface area contributed by atoms with Crippen molar-refractivity contribution in [1.82, 2.24) is 0 Å². The number of hydrogen-bond donors (Lipinski definition) is 0. The minimum atomic E-state index is 0.235. The lowest BCUT2D eigenvalue weighted by atomic mass is 9.63. The summed E-state index contributed by atoms with van der Waals surface area (Å²) in [6.45, 7) is 4.96. The van der Waals surface area contributed by atoms with Crippen LogP contribution in [0.1, 0.15) is 78.1 Å². The standard InChI is InChI=1S/C16H28O/c1-15(13-9-5-3-4-6-10-13)12-8-7-11-14-16(15,2)17-14/h13-14H,3-12H2,1-2H3. The number of rotatable bonds is 1. The van der Waals surface area contributed by atoms with E-state index in [4.69, 9.17) is 4.74 Å². The quantitative estimate of drug-likeness (QED) is 0.475. The van der Waals surface area contributed by atoms with Gasteiger partial charge in [-0.15, -0.1) is 0 Å². The molecular weight excluding hydrogens is 208 g/mol. The Morgan fingerprint density at radius 3 is 2.18 bits per heavy atom. The molecule has 1 saturated heterocycles. The third kappa shape index (κ3) is 1.85. The molecule has 0 aromatic carbocycles. The molecule has 1 heterocycles. The molecule has 17 heavy (non-hydrogen) atoms. The minimum Gasteiger partial charge on any atom is -0.366 e. The summed E-state index contributed by atoms with van der Waals surface area (Å²) in [4.78, 5) is 0. The molecule has 1 heteroatoms. The van der Waals surface area contributed by atoms with Gasteiger partial charge in [0.05, 0.1) is 11.7 Å². The van der Waals surface area contributed by atoms with E-state index < -0.39 is 0 Å². The highest BCUT2D eigenvalue weighted by Gasteiger charge is 2.65. The van der Waals surface area contributed by atoms with Crippen molar-refractivity contribution in [3.63, 3.8) is 0 Å². The lowest BCUT2D eigenvalue weighted by Crippen LogP contribution is -2.41. The van der Waals surface area contributed by atoms with Crippen molar-refractivity contribution in [3.8, 4) is 0 Å². The van der Waals surface area contributed by atoms with Gasteiger partial charge in [-0.3, -0.25) is 0 Å². The summed E-state index contributed by atoms with van der Waals surface area (Å²) in [7, 11) is 0. The molecule has 1 aliphatic heterocycles. The van der Waals surface area contributed by atoms with Gasteiger partial charge in [0, 0.05) is 5.41 Å². The Labute approximate surface area is 106 Å². The van der Waals surface area contributed by atoms with Gasteiger partial charge in [-0.1, -0.05) is 45.4 Å². The van der Waals surface area contributed by atoms with Crippen molar-refractivity contribution in [3.05, 3.63) is 0 Å². The molecule has 1 nitrogen and oxygen atoms in total. The second kappa shape index (κ2) is 4.26. The second-order valence-electron chi connectivity index (χ2n) is 7.07. The van der Waals surface area contributed by atoms with Gasteiger partial charge in [0.25, 0.3) is 0 Å². The van der Waals surface area contributed by atoms with Crippen LogP contribution in [-0.2, 0) is 4.74 Å². The third-order valence-electron chi connectivity index (χ3n) is 6.25. The first-order valence-corrected chi connectivity index (χ1v) is 7.85. The normalized spacial score (nSPS) is 48.0. The van der Waals surface area contributed by atoms with E-state index in [-0.39, 0.29) is 5.60 Å². The topological polar surface area (TPSA) is 12.5 Å². The van der Waals surface area contributed by atoms with Crippen LogP contribution in [0.3, 0.4) is 0 Å². The molecule has 0 radical (unpaired) electrons. The van der Waals surface area contributed by atoms with E-state index in [0.29, 0.717) is 11.5 Å². The van der Waals surface area contributed by atoms with E-state index >= 15 is 0 Å². The van der Waals surface area contributed by atoms with Crippen molar-refractivity contribution in [1.29, 1.82) is 0 Å². The highest BCUT2D eigenvalue weighted by molar-refractivity contribution is 5.13. The first-order valence-electron chi connectivity index (χ1n) is 7.85. The van der Waals surface area contributed by atoms with Gasteiger partial charge < -0.3 is 4.74 Å². The summed E-state index contributed by atoms with van der Waals surface area (Å²) in [6.07, 6.45) is 14.9. The van der Waals surface area contributed by atoms with Crippen molar-refractivity contribution in [2.24, 2.45) is 11.3 Å². The first kappa shape index (κ1) is 12.0. The summed E-state index contributed by atoms with van der Waals surface area (Å²) in [5.41, 5.74) is 0.705. The van der Waals surface area contributed by atoms with E-state index in [9.17, 15) is 0 Å². The minimum absolute atomic E-state index is 0.235. The van der Waals surface area contributed by atoms with Gasteiger partial charge in [-0.05, 0) is 38.5 Å². The van der Waals surface area contributed by atoms with Gasteiger partial charge in [0.2, 0.25) is 0 Å². The highest BCUT2D eigenvalue weighted by atomic mass is 16.6. The molecule has 2 aliphatic carbocycles. The molecular formula is C16H28O. The zero-order valence-electron chi connectivity index (χ0n) is 11.6. The number of ether oxygens (including phenoxy) is 1. The third-order valence-corrected chi connectivity index (χ3v) is 6.25. The van der Waals surface area contributed by atoms with E-state index in [1.165, 1.54) is 64.2 Å². The molecule has 0 spiro atoms. The lowest BCUT2D eigenvalue weighted by molar-refractivity contribution is 0.0429. The molecule has 0 N–H and O–H groups in total. The van der Waals surface area contributed by atoms with Crippen LogP contribution < -0.4 is 0 Å². The Morgan fingerprint density at radius 1 is 0.824 bits per heavy atom. The zero-order valence-corrected chi connectivity index (χ0v) is 11.6. The molecule has 0 amide bonds. The molecule has 3 atom stereocenters. The Kier molecular flexibility index (Phi) is 3.01. The summed E-state index contributed by atoms with van der Waals surface area (Å²) < 4.78 is 6.15. The van der Waals surface area contributed by atoms with Gasteiger partial charge in [0.15, 0.2) is 0 Å². The van der Waals surface area contributed by atoms with Crippen LogP contribution in [0.25, 0.3) is 0 Å². The van der Waals surface area contributed by atoms with Gasteiger partial charge in [-0.25, -0.2) is 0 Å². The van der Waals surface area contributed by atoms with Crippen LogP contribution in [0.15, 0.2) is 0 Å². The maximum Gasteiger partial charge on any atom is 0.0976 e. The highest BCUT2D eigenvalue weighted by Crippen LogP contribution is 2.61. The molecule has 98 valence electrons. The fourth-order valence-corrected chi connectivity index (χ4v) is 4.69. The summed E-state index contributed by atoms with van der Waals surface area (Å²) in [6, 6.07) is 0. The van der Waals surface area contributed by atoms with Crippen LogP contribution in [0.2, 0.25) is 0 Å². The second-order valence-corrected chi connectivity index (χ2v) is 7.07. The Balaban J connectivity index is 1.81. The van der Waals surface area contributed by atoms with E-state index in [0.717, 1.165) is 5.92 Å². The Bertz CT molecular complexity index is 279. The van der Waals surface area contributed by atoms with E-state index in [2.05, 4.69) is 13.8 Å². The SMILES string of the molecule is CC1(C2CCCCCC2)CCCCC2OC21C. The maximum absolute atomic E-state index is 6.15. The molecule has 3 rings (SSSR count). The van der Waals surface area contributed by atoms with Crippen LogP contribution in [0.4, 0.5) is 0 Å². The molecule has 2 saturated carbocycles. The predicted octanol–water partition coefficient (Wildman–Crippen LogP) is 4.69. The Morgan fingerprint density at radius 2 is 1.47 bits per heavy atom. The van der Waals surface area contributed by atoms with Gasteiger partial charge in [-0.2, -0.15) is 0 Å². The maximum atomic E-state index is 6.15. The molecule has 0 bridgehead atoms. The van der Waals surface area contributed by atoms with Crippen LogP contribution >= 0.6 is 0 Å². The van der Waals surface area contributed by atoms with Crippen LogP contribution in [0, 0.1) is 11.3 Å². The van der Waals surface area contributed by atoms with E-state index in [1.54, 1.807) is 0 Å². The van der Waals surface area contributed by atoms with Crippen molar-refractivity contribution in [2.45, 2.75) is 89.8 Å². The van der Waals surface area contributed by atoms with Crippen molar-refractivity contribution in [2.75, 3.05) is 0 Å². The Hall–Kier alpha value is -0.0400.